The molecule has 2 rings (SSSR count). The highest BCUT2D eigenvalue weighted by molar-refractivity contribution is 5.94. The molecule has 6 nitrogen and oxygen atoms in total. The van der Waals surface area contributed by atoms with Crippen molar-refractivity contribution in [3.8, 4) is 11.9 Å². The number of pyridine rings is 1. The number of aromatic nitrogens is 1. The van der Waals surface area contributed by atoms with Crippen LogP contribution in [0.3, 0.4) is 0 Å². The van der Waals surface area contributed by atoms with Crippen LogP contribution in [-0.4, -0.2) is 36.8 Å². The van der Waals surface area contributed by atoms with Gasteiger partial charge >= 0.3 is 5.97 Å². The molecule has 1 N–H and O–H groups in total. The van der Waals surface area contributed by atoms with Crippen LogP contribution in [0, 0.1) is 11.3 Å². The van der Waals surface area contributed by atoms with Gasteiger partial charge in [-0.1, -0.05) is 0 Å². The molecule has 106 valence electrons. The van der Waals surface area contributed by atoms with Crippen molar-refractivity contribution < 1.29 is 14.3 Å². The number of rotatable bonds is 3. The van der Waals surface area contributed by atoms with Crippen LogP contribution in [0.15, 0.2) is 12.3 Å². The predicted molar refractivity (Wildman–Crippen MR) is 71.4 cm³/mol. The molecule has 1 aliphatic heterocycles. The SMILES string of the molecule is COC(=O)c1c(C#N)ccnc1OC1CCC(C)NC1. The minimum absolute atomic E-state index is 0.0592. The number of ether oxygens (including phenoxy) is 2. The van der Waals surface area contributed by atoms with E-state index in [9.17, 15) is 4.79 Å². The monoisotopic (exact) mass is 275 g/mol. The summed E-state index contributed by atoms with van der Waals surface area (Å²) >= 11 is 0. The van der Waals surface area contributed by atoms with Crippen LogP contribution in [0.4, 0.5) is 0 Å². The first kappa shape index (κ1) is 14.3. The summed E-state index contributed by atoms with van der Waals surface area (Å²) in [4.78, 5) is 15.9. The van der Waals surface area contributed by atoms with E-state index in [-0.39, 0.29) is 23.1 Å². The fraction of sp³-hybridized carbons (Fsp3) is 0.500. The molecule has 6 heteroatoms. The second-order valence-corrected chi connectivity index (χ2v) is 4.77. The van der Waals surface area contributed by atoms with E-state index in [1.165, 1.54) is 19.4 Å². The molecular weight excluding hydrogens is 258 g/mol. The largest absolute Gasteiger partial charge is 0.472 e. The zero-order chi connectivity index (χ0) is 14.5. The zero-order valence-electron chi connectivity index (χ0n) is 11.5. The predicted octanol–water partition coefficient (Wildman–Crippen LogP) is 1.26. The molecule has 20 heavy (non-hydrogen) atoms. The van der Waals surface area contributed by atoms with E-state index < -0.39 is 5.97 Å². The van der Waals surface area contributed by atoms with Crippen molar-refractivity contribution in [2.45, 2.75) is 31.9 Å². The summed E-state index contributed by atoms with van der Waals surface area (Å²) < 4.78 is 10.5. The van der Waals surface area contributed by atoms with Crippen LogP contribution >= 0.6 is 0 Å². The van der Waals surface area contributed by atoms with Crippen LogP contribution in [-0.2, 0) is 4.74 Å². The summed E-state index contributed by atoms with van der Waals surface area (Å²) in [6.07, 6.45) is 3.28. The van der Waals surface area contributed by atoms with Crippen molar-refractivity contribution >= 4 is 5.97 Å². The number of methoxy groups -OCH3 is 1. The Morgan fingerprint density at radius 2 is 2.35 bits per heavy atom. The molecule has 2 atom stereocenters. The maximum absolute atomic E-state index is 11.8. The lowest BCUT2D eigenvalue weighted by Crippen LogP contribution is -2.42. The third kappa shape index (κ3) is 3.06. The third-order valence-corrected chi connectivity index (χ3v) is 3.32. The van der Waals surface area contributed by atoms with Gasteiger partial charge in [0.05, 0.1) is 12.7 Å². The van der Waals surface area contributed by atoms with Gasteiger partial charge in [0.25, 0.3) is 0 Å². The lowest BCUT2D eigenvalue weighted by atomic mass is 10.0. The van der Waals surface area contributed by atoms with Crippen molar-refractivity contribution in [3.63, 3.8) is 0 Å². The number of hydrogen-bond donors (Lipinski definition) is 1. The minimum Gasteiger partial charge on any atom is -0.472 e. The fourth-order valence-corrected chi connectivity index (χ4v) is 2.16. The molecule has 2 heterocycles. The van der Waals surface area contributed by atoms with E-state index in [0.29, 0.717) is 12.6 Å². The van der Waals surface area contributed by atoms with Crippen molar-refractivity contribution in [2.24, 2.45) is 0 Å². The standard InChI is InChI=1S/C14H17N3O3/c1-9-3-4-11(8-17-9)20-13-12(14(18)19-2)10(7-15)5-6-16-13/h5-6,9,11,17H,3-4,8H2,1-2H3. The third-order valence-electron chi connectivity index (χ3n) is 3.32. The highest BCUT2D eigenvalue weighted by atomic mass is 16.5. The van der Waals surface area contributed by atoms with Gasteiger partial charge in [-0.05, 0) is 25.8 Å². The zero-order valence-corrected chi connectivity index (χ0v) is 11.5. The van der Waals surface area contributed by atoms with Crippen molar-refractivity contribution in [3.05, 3.63) is 23.4 Å². The molecule has 1 aromatic heterocycles. The Morgan fingerprint density at radius 3 is 2.95 bits per heavy atom. The number of esters is 1. The van der Waals surface area contributed by atoms with Gasteiger partial charge in [-0.15, -0.1) is 0 Å². The van der Waals surface area contributed by atoms with Crippen LogP contribution in [0.25, 0.3) is 0 Å². The molecule has 1 aromatic rings. The summed E-state index contributed by atoms with van der Waals surface area (Å²) in [5, 5.41) is 12.4. The highest BCUT2D eigenvalue weighted by Gasteiger charge is 2.24. The number of nitriles is 1. The van der Waals surface area contributed by atoms with E-state index in [0.717, 1.165) is 12.8 Å². The number of carbonyl (C=O) groups excluding carboxylic acids is 1. The van der Waals surface area contributed by atoms with Gasteiger partial charge < -0.3 is 14.8 Å². The van der Waals surface area contributed by atoms with Gasteiger partial charge in [0.1, 0.15) is 17.7 Å². The first-order chi connectivity index (χ1) is 9.65. The number of hydrogen-bond acceptors (Lipinski definition) is 6. The van der Waals surface area contributed by atoms with Crippen molar-refractivity contribution in [2.75, 3.05) is 13.7 Å². The molecule has 1 saturated heterocycles. The molecule has 0 amide bonds. The van der Waals surface area contributed by atoms with E-state index >= 15 is 0 Å². The molecular formula is C14H17N3O3. The van der Waals surface area contributed by atoms with E-state index in [2.05, 4.69) is 17.2 Å². The molecule has 1 fully saturated rings. The first-order valence-corrected chi connectivity index (χ1v) is 6.53. The number of carbonyl (C=O) groups is 1. The van der Waals surface area contributed by atoms with E-state index in [4.69, 9.17) is 14.7 Å². The Morgan fingerprint density at radius 1 is 1.55 bits per heavy atom. The quantitative estimate of drug-likeness (QED) is 0.836. The lowest BCUT2D eigenvalue weighted by Gasteiger charge is -2.28. The molecule has 0 aliphatic carbocycles. The summed E-state index contributed by atoms with van der Waals surface area (Å²) in [7, 11) is 1.27. The van der Waals surface area contributed by atoms with Gasteiger partial charge in [-0.25, -0.2) is 9.78 Å². The Bertz CT molecular complexity index is 531. The number of nitrogens with one attached hydrogen (secondary N) is 1. The summed E-state index contributed by atoms with van der Waals surface area (Å²) in [6, 6.07) is 3.90. The number of nitrogens with zero attached hydrogens (tertiary/aromatic N) is 2. The van der Waals surface area contributed by atoms with Crippen LogP contribution < -0.4 is 10.1 Å². The van der Waals surface area contributed by atoms with Gasteiger partial charge in [-0.3, -0.25) is 0 Å². The summed E-state index contributed by atoms with van der Waals surface area (Å²) in [6.45, 7) is 2.81. The Labute approximate surface area is 117 Å². The smallest absolute Gasteiger partial charge is 0.344 e. The fourth-order valence-electron chi connectivity index (χ4n) is 2.16. The Balaban J connectivity index is 2.23. The average molecular weight is 275 g/mol. The number of piperidine rings is 1. The van der Waals surface area contributed by atoms with Crippen molar-refractivity contribution in [1.29, 1.82) is 5.26 Å². The molecule has 2 unspecified atom stereocenters. The van der Waals surface area contributed by atoms with Crippen molar-refractivity contribution in [1.82, 2.24) is 10.3 Å². The first-order valence-electron chi connectivity index (χ1n) is 6.53. The van der Waals surface area contributed by atoms with Gasteiger partial charge in [0, 0.05) is 18.8 Å². The molecule has 0 radical (unpaired) electrons. The maximum Gasteiger partial charge on any atom is 0.344 e. The lowest BCUT2D eigenvalue weighted by molar-refractivity contribution is 0.0588. The van der Waals surface area contributed by atoms with Crippen LogP contribution in [0.2, 0.25) is 0 Å². The van der Waals surface area contributed by atoms with E-state index in [1.807, 2.05) is 6.07 Å². The van der Waals surface area contributed by atoms with E-state index in [1.54, 1.807) is 0 Å². The van der Waals surface area contributed by atoms with Crippen LogP contribution in [0.5, 0.6) is 5.88 Å². The normalized spacial score (nSPS) is 21.9. The van der Waals surface area contributed by atoms with Gasteiger partial charge in [0.2, 0.25) is 5.88 Å². The van der Waals surface area contributed by atoms with Crippen LogP contribution in [0.1, 0.15) is 35.7 Å². The topological polar surface area (TPSA) is 84.2 Å². The maximum atomic E-state index is 11.8. The molecule has 0 bridgehead atoms. The summed E-state index contributed by atoms with van der Waals surface area (Å²) in [5.41, 5.74) is 0.301. The molecule has 0 aromatic carbocycles. The highest BCUT2D eigenvalue weighted by Crippen LogP contribution is 2.23. The second-order valence-electron chi connectivity index (χ2n) is 4.77. The Kier molecular flexibility index (Phi) is 4.53. The average Bonchev–Trinajstić information content (AvgIpc) is 2.48. The molecule has 0 saturated carbocycles. The molecule has 0 spiro atoms. The van der Waals surface area contributed by atoms with Gasteiger partial charge in [-0.2, -0.15) is 5.26 Å². The minimum atomic E-state index is -0.609. The Hall–Kier alpha value is -2.13. The molecule has 1 aliphatic rings. The second kappa shape index (κ2) is 6.35. The summed E-state index contributed by atoms with van der Waals surface area (Å²) in [5.74, 6) is -0.445. The van der Waals surface area contributed by atoms with Gasteiger partial charge in [0.15, 0.2) is 0 Å².